The lowest BCUT2D eigenvalue weighted by Gasteiger charge is -2.23. The lowest BCUT2D eigenvalue weighted by Crippen LogP contribution is -2.46. The minimum absolute atomic E-state index is 0.253. The van der Waals surface area contributed by atoms with Gasteiger partial charge in [-0.05, 0) is 38.3 Å². The first-order valence-corrected chi connectivity index (χ1v) is 6.90. The Hall–Kier alpha value is -1.84. The van der Waals surface area contributed by atoms with Crippen LogP contribution in [0.1, 0.15) is 33.3 Å². The van der Waals surface area contributed by atoms with Crippen molar-refractivity contribution in [1.82, 2.24) is 5.32 Å². The summed E-state index contributed by atoms with van der Waals surface area (Å²) in [7, 11) is 0. The molecule has 0 saturated carbocycles. The Morgan fingerprint density at radius 2 is 1.75 bits per heavy atom. The maximum Gasteiger partial charge on any atom is 0.239 e. The third-order valence-electron chi connectivity index (χ3n) is 3.20. The number of amides is 2. The predicted octanol–water partition coefficient (Wildman–Crippen LogP) is 2.73. The van der Waals surface area contributed by atoms with Crippen LogP contribution in [0.5, 0.6) is 0 Å². The van der Waals surface area contributed by atoms with E-state index in [0.717, 1.165) is 11.3 Å². The molecular weight excluding hydrogens is 252 g/mol. The highest BCUT2D eigenvalue weighted by Gasteiger charge is 2.36. The maximum absolute atomic E-state index is 12.3. The molecule has 0 aliphatic heterocycles. The highest BCUT2D eigenvalue weighted by Crippen LogP contribution is 2.21. The van der Waals surface area contributed by atoms with Gasteiger partial charge in [-0.25, -0.2) is 0 Å². The van der Waals surface area contributed by atoms with Gasteiger partial charge in [0.15, 0.2) is 0 Å². The van der Waals surface area contributed by atoms with E-state index in [-0.39, 0.29) is 11.8 Å². The molecule has 0 aliphatic rings. The van der Waals surface area contributed by atoms with Gasteiger partial charge >= 0.3 is 0 Å². The molecule has 0 atom stereocenters. The summed E-state index contributed by atoms with van der Waals surface area (Å²) in [6.45, 7) is 9.79. The fourth-order valence-corrected chi connectivity index (χ4v) is 1.61. The van der Waals surface area contributed by atoms with Gasteiger partial charge < -0.3 is 10.6 Å². The van der Waals surface area contributed by atoms with E-state index in [1.165, 1.54) is 0 Å². The minimum Gasteiger partial charge on any atom is -0.355 e. The molecule has 0 radical (unpaired) electrons. The largest absolute Gasteiger partial charge is 0.355 e. The van der Waals surface area contributed by atoms with Crippen LogP contribution in [0.15, 0.2) is 24.3 Å². The first-order valence-electron chi connectivity index (χ1n) is 6.90. The Morgan fingerprint density at radius 1 is 1.15 bits per heavy atom. The van der Waals surface area contributed by atoms with Crippen molar-refractivity contribution < 1.29 is 9.59 Å². The van der Waals surface area contributed by atoms with E-state index in [4.69, 9.17) is 0 Å². The second-order valence-electron chi connectivity index (χ2n) is 6.00. The van der Waals surface area contributed by atoms with Gasteiger partial charge in [-0.2, -0.15) is 0 Å². The predicted molar refractivity (Wildman–Crippen MR) is 81.4 cm³/mol. The lowest BCUT2D eigenvalue weighted by molar-refractivity contribution is -0.138. The third kappa shape index (κ3) is 4.08. The molecule has 0 heterocycles. The normalized spacial score (nSPS) is 11.3. The van der Waals surface area contributed by atoms with Crippen LogP contribution in [-0.2, 0) is 9.59 Å². The van der Waals surface area contributed by atoms with E-state index in [1.54, 1.807) is 13.8 Å². The Morgan fingerprint density at radius 3 is 2.30 bits per heavy atom. The van der Waals surface area contributed by atoms with Crippen molar-refractivity contribution in [2.24, 2.45) is 11.3 Å². The molecule has 0 fully saturated rings. The van der Waals surface area contributed by atoms with Crippen LogP contribution in [0.2, 0.25) is 0 Å². The highest BCUT2D eigenvalue weighted by molar-refractivity contribution is 6.10. The standard InChI is InChI=1S/C16H24N2O2/c1-11(2)10-17-14(19)16(4,5)15(20)18-13-9-7-6-8-12(13)3/h6-9,11H,10H2,1-5H3,(H,17,19)(H,18,20). The molecular formula is C16H24N2O2. The van der Waals surface area contributed by atoms with Crippen molar-refractivity contribution in [2.45, 2.75) is 34.6 Å². The number of carbonyl (C=O) groups is 2. The van der Waals surface area contributed by atoms with Crippen molar-refractivity contribution in [1.29, 1.82) is 0 Å². The van der Waals surface area contributed by atoms with E-state index < -0.39 is 5.41 Å². The third-order valence-corrected chi connectivity index (χ3v) is 3.20. The first-order chi connectivity index (χ1) is 9.25. The topological polar surface area (TPSA) is 58.2 Å². The summed E-state index contributed by atoms with van der Waals surface area (Å²) >= 11 is 0. The number of carbonyl (C=O) groups excluding carboxylic acids is 2. The zero-order chi connectivity index (χ0) is 15.3. The van der Waals surface area contributed by atoms with Crippen LogP contribution in [-0.4, -0.2) is 18.4 Å². The Kier molecular flexibility index (Phi) is 5.31. The van der Waals surface area contributed by atoms with Crippen LogP contribution < -0.4 is 10.6 Å². The van der Waals surface area contributed by atoms with E-state index in [0.29, 0.717) is 12.5 Å². The summed E-state index contributed by atoms with van der Waals surface area (Å²) in [5, 5.41) is 5.62. The summed E-state index contributed by atoms with van der Waals surface area (Å²) in [5.74, 6) is -0.195. The molecule has 1 aromatic carbocycles. The van der Waals surface area contributed by atoms with Gasteiger partial charge in [-0.3, -0.25) is 9.59 Å². The van der Waals surface area contributed by atoms with Gasteiger partial charge in [0.2, 0.25) is 11.8 Å². The average molecular weight is 276 g/mol. The minimum atomic E-state index is -1.10. The van der Waals surface area contributed by atoms with E-state index in [2.05, 4.69) is 10.6 Å². The molecule has 4 heteroatoms. The summed E-state index contributed by atoms with van der Waals surface area (Å²) < 4.78 is 0. The van der Waals surface area contributed by atoms with Gasteiger partial charge in [-0.15, -0.1) is 0 Å². The molecule has 1 aromatic rings. The van der Waals surface area contributed by atoms with Crippen LogP contribution >= 0.6 is 0 Å². The number of rotatable bonds is 5. The van der Waals surface area contributed by atoms with Crippen LogP contribution in [0.25, 0.3) is 0 Å². The van der Waals surface area contributed by atoms with Crippen LogP contribution in [0, 0.1) is 18.3 Å². The molecule has 4 nitrogen and oxygen atoms in total. The Bertz CT molecular complexity index is 493. The molecule has 0 saturated heterocycles. The van der Waals surface area contributed by atoms with Crippen molar-refractivity contribution in [3.63, 3.8) is 0 Å². The van der Waals surface area contributed by atoms with Gasteiger partial charge in [0.05, 0.1) is 0 Å². The number of aryl methyl sites for hydroxylation is 1. The molecule has 0 unspecified atom stereocenters. The maximum atomic E-state index is 12.3. The number of benzene rings is 1. The summed E-state index contributed by atoms with van der Waals surface area (Å²) in [5.41, 5.74) is 0.610. The second kappa shape index (κ2) is 6.55. The van der Waals surface area contributed by atoms with E-state index >= 15 is 0 Å². The Labute approximate surface area is 121 Å². The first kappa shape index (κ1) is 16.2. The van der Waals surface area contributed by atoms with Crippen LogP contribution in [0.4, 0.5) is 5.69 Å². The average Bonchev–Trinajstić information content (AvgIpc) is 2.38. The van der Waals surface area contributed by atoms with Crippen molar-refractivity contribution >= 4 is 17.5 Å². The number of nitrogens with one attached hydrogen (secondary N) is 2. The quantitative estimate of drug-likeness (QED) is 0.812. The van der Waals surface area contributed by atoms with Crippen LogP contribution in [0.3, 0.4) is 0 Å². The van der Waals surface area contributed by atoms with Gasteiger partial charge in [-0.1, -0.05) is 32.0 Å². The Balaban J connectivity index is 2.74. The second-order valence-corrected chi connectivity index (χ2v) is 6.00. The number of para-hydroxylation sites is 1. The molecule has 20 heavy (non-hydrogen) atoms. The van der Waals surface area contributed by atoms with Gasteiger partial charge in [0.1, 0.15) is 5.41 Å². The van der Waals surface area contributed by atoms with Crippen molar-refractivity contribution in [3.05, 3.63) is 29.8 Å². The summed E-state index contributed by atoms with van der Waals surface area (Å²) in [6, 6.07) is 7.51. The molecule has 2 N–H and O–H groups in total. The molecule has 110 valence electrons. The fraction of sp³-hybridized carbons (Fsp3) is 0.500. The van der Waals surface area contributed by atoms with Gasteiger partial charge in [0.25, 0.3) is 0 Å². The fourth-order valence-electron chi connectivity index (χ4n) is 1.61. The summed E-state index contributed by atoms with van der Waals surface area (Å²) in [4.78, 5) is 24.4. The molecule has 2 amide bonds. The number of hydrogen-bond acceptors (Lipinski definition) is 2. The molecule has 0 bridgehead atoms. The zero-order valence-corrected chi connectivity index (χ0v) is 12.9. The number of hydrogen-bond donors (Lipinski definition) is 2. The monoisotopic (exact) mass is 276 g/mol. The van der Waals surface area contributed by atoms with Crippen molar-refractivity contribution in [3.8, 4) is 0 Å². The molecule has 0 aliphatic carbocycles. The smallest absolute Gasteiger partial charge is 0.239 e. The molecule has 0 spiro atoms. The summed E-state index contributed by atoms with van der Waals surface area (Å²) in [6.07, 6.45) is 0. The highest BCUT2D eigenvalue weighted by atomic mass is 16.2. The SMILES string of the molecule is Cc1ccccc1NC(=O)C(C)(C)C(=O)NCC(C)C. The van der Waals surface area contributed by atoms with E-state index in [1.807, 2.05) is 45.0 Å². The van der Waals surface area contributed by atoms with E-state index in [9.17, 15) is 9.59 Å². The molecule has 0 aromatic heterocycles. The van der Waals surface area contributed by atoms with Crippen molar-refractivity contribution in [2.75, 3.05) is 11.9 Å². The van der Waals surface area contributed by atoms with Gasteiger partial charge in [0, 0.05) is 12.2 Å². The zero-order valence-electron chi connectivity index (χ0n) is 12.9. The number of anilines is 1. The molecule has 1 rings (SSSR count). The lowest BCUT2D eigenvalue weighted by atomic mass is 9.90.